The first kappa shape index (κ1) is 14.7. The van der Waals surface area contributed by atoms with Crippen molar-refractivity contribution in [3.8, 4) is 0 Å². The maximum absolute atomic E-state index is 13.7. The molecule has 0 aliphatic rings. The monoisotopic (exact) mass is 335 g/mol. The van der Waals surface area contributed by atoms with Gasteiger partial charge in [0.25, 0.3) is 0 Å². The average molecular weight is 336 g/mol. The molecule has 1 atom stereocenters. The van der Waals surface area contributed by atoms with Crippen molar-refractivity contribution in [3.05, 3.63) is 64.4 Å². The van der Waals surface area contributed by atoms with Crippen molar-refractivity contribution in [2.24, 2.45) is 0 Å². The standard InChI is InChI=1S/C16H15BrFNO/c1-2-13(11-6-4-3-5-7-11)16(20)19-15-9-8-12(17)10-14(15)18/h3-10,13H,2H2,1H3,(H,19,20)/t13-/m1/s1. The quantitative estimate of drug-likeness (QED) is 0.860. The van der Waals surface area contributed by atoms with Crippen LogP contribution in [0.3, 0.4) is 0 Å². The Morgan fingerprint density at radius 1 is 1.25 bits per heavy atom. The number of halogens is 2. The number of rotatable bonds is 4. The first-order valence-electron chi connectivity index (χ1n) is 6.42. The number of nitrogens with one attached hydrogen (secondary N) is 1. The summed E-state index contributed by atoms with van der Waals surface area (Å²) < 4.78 is 14.4. The third kappa shape index (κ3) is 3.45. The van der Waals surface area contributed by atoms with Crippen LogP contribution in [0.2, 0.25) is 0 Å². The fraction of sp³-hybridized carbons (Fsp3) is 0.188. The van der Waals surface area contributed by atoms with Gasteiger partial charge in [-0.3, -0.25) is 4.79 Å². The van der Waals surface area contributed by atoms with Gasteiger partial charge in [0.2, 0.25) is 5.91 Å². The predicted octanol–water partition coefficient (Wildman–Crippen LogP) is 4.72. The molecule has 104 valence electrons. The van der Waals surface area contributed by atoms with Crippen molar-refractivity contribution < 1.29 is 9.18 Å². The smallest absolute Gasteiger partial charge is 0.231 e. The summed E-state index contributed by atoms with van der Waals surface area (Å²) in [5, 5.41) is 2.65. The van der Waals surface area contributed by atoms with Gasteiger partial charge in [-0.2, -0.15) is 0 Å². The summed E-state index contributed by atoms with van der Waals surface area (Å²) in [5.74, 6) is -0.921. The van der Waals surface area contributed by atoms with E-state index in [2.05, 4.69) is 21.2 Å². The van der Waals surface area contributed by atoms with Gasteiger partial charge in [-0.25, -0.2) is 4.39 Å². The molecule has 2 rings (SSSR count). The van der Waals surface area contributed by atoms with Gasteiger partial charge in [0.1, 0.15) is 5.82 Å². The summed E-state index contributed by atoms with van der Waals surface area (Å²) in [6, 6.07) is 14.1. The molecule has 0 aliphatic heterocycles. The molecule has 20 heavy (non-hydrogen) atoms. The molecule has 0 radical (unpaired) electrons. The molecule has 4 heteroatoms. The van der Waals surface area contributed by atoms with Crippen LogP contribution in [0.25, 0.3) is 0 Å². The molecule has 1 amide bonds. The summed E-state index contributed by atoms with van der Waals surface area (Å²) in [5.41, 5.74) is 1.14. The number of carbonyl (C=O) groups excluding carboxylic acids is 1. The van der Waals surface area contributed by atoms with Gasteiger partial charge >= 0.3 is 0 Å². The second-order valence-corrected chi connectivity index (χ2v) is 5.40. The van der Waals surface area contributed by atoms with Crippen LogP contribution in [0.4, 0.5) is 10.1 Å². The Morgan fingerprint density at radius 2 is 1.95 bits per heavy atom. The van der Waals surface area contributed by atoms with Crippen LogP contribution < -0.4 is 5.32 Å². The average Bonchev–Trinajstić information content (AvgIpc) is 2.44. The minimum absolute atomic E-state index is 0.195. The topological polar surface area (TPSA) is 29.1 Å². The van der Waals surface area contributed by atoms with E-state index in [9.17, 15) is 9.18 Å². The van der Waals surface area contributed by atoms with Crippen LogP contribution >= 0.6 is 15.9 Å². The molecule has 0 saturated carbocycles. The van der Waals surface area contributed by atoms with E-state index in [1.165, 1.54) is 6.07 Å². The third-order valence-corrected chi connectivity index (χ3v) is 3.61. The van der Waals surface area contributed by atoms with E-state index in [4.69, 9.17) is 0 Å². The SMILES string of the molecule is CC[C@@H](C(=O)Nc1ccc(Br)cc1F)c1ccccc1. The van der Waals surface area contributed by atoms with E-state index in [0.717, 1.165) is 5.56 Å². The number of benzene rings is 2. The van der Waals surface area contributed by atoms with Gasteiger partial charge in [-0.1, -0.05) is 53.2 Å². The molecule has 0 saturated heterocycles. The van der Waals surface area contributed by atoms with Crippen molar-refractivity contribution in [1.29, 1.82) is 0 Å². The molecule has 0 fully saturated rings. The summed E-state index contributed by atoms with van der Waals surface area (Å²) in [6.45, 7) is 1.94. The zero-order chi connectivity index (χ0) is 14.5. The molecule has 0 unspecified atom stereocenters. The minimum atomic E-state index is -0.448. The van der Waals surface area contributed by atoms with Crippen LogP contribution in [-0.2, 0) is 4.79 Å². The summed E-state index contributed by atoms with van der Waals surface area (Å²) in [7, 11) is 0. The highest BCUT2D eigenvalue weighted by Gasteiger charge is 2.19. The molecule has 0 bridgehead atoms. The van der Waals surface area contributed by atoms with Crippen LogP contribution in [-0.4, -0.2) is 5.91 Å². The highest BCUT2D eigenvalue weighted by Crippen LogP contribution is 2.24. The molecular formula is C16H15BrFNO. The van der Waals surface area contributed by atoms with Crippen molar-refractivity contribution >= 4 is 27.5 Å². The zero-order valence-corrected chi connectivity index (χ0v) is 12.7. The largest absolute Gasteiger partial charge is 0.323 e. The van der Waals surface area contributed by atoms with Crippen LogP contribution in [0.5, 0.6) is 0 Å². The van der Waals surface area contributed by atoms with E-state index < -0.39 is 5.82 Å². The van der Waals surface area contributed by atoms with Gasteiger partial charge in [0, 0.05) is 4.47 Å². The Balaban J connectivity index is 2.18. The number of hydrogen-bond acceptors (Lipinski definition) is 1. The lowest BCUT2D eigenvalue weighted by Crippen LogP contribution is -2.21. The molecular weight excluding hydrogens is 321 g/mol. The Labute approximate surface area is 126 Å². The molecule has 2 aromatic carbocycles. The minimum Gasteiger partial charge on any atom is -0.323 e. The van der Waals surface area contributed by atoms with Crippen LogP contribution in [0, 0.1) is 5.82 Å². The lowest BCUT2D eigenvalue weighted by Gasteiger charge is -2.15. The van der Waals surface area contributed by atoms with Crippen molar-refractivity contribution in [2.45, 2.75) is 19.3 Å². The lowest BCUT2D eigenvalue weighted by molar-refractivity contribution is -0.117. The fourth-order valence-corrected chi connectivity index (χ4v) is 2.40. The second kappa shape index (κ2) is 6.66. The number of hydrogen-bond donors (Lipinski definition) is 1. The lowest BCUT2D eigenvalue weighted by atomic mass is 9.95. The Bertz CT molecular complexity index is 601. The van der Waals surface area contributed by atoms with Crippen molar-refractivity contribution in [3.63, 3.8) is 0 Å². The molecule has 0 aromatic heterocycles. The van der Waals surface area contributed by atoms with Crippen molar-refractivity contribution in [2.75, 3.05) is 5.32 Å². The van der Waals surface area contributed by atoms with Gasteiger partial charge in [0.05, 0.1) is 11.6 Å². The molecule has 0 spiro atoms. The summed E-state index contributed by atoms with van der Waals surface area (Å²) >= 11 is 3.19. The first-order valence-corrected chi connectivity index (χ1v) is 7.22. The third-order valence-electron chi connectivity index (χ3n) is 3.12. The Morgan fingerprint density at radius 3 is 2.55 bits per heavy atom. The first-order chi connectivity index (χ1) is 9.61. The maximum Gasteiger partial charge on any atom is 0.231 e. The Kier molecular flexibility index (Phi) is 4.90. The molecule has 0 aliphatic carbocycles. The van der Waals surface area contributed by atoms with Crippen LogP contribution in [0.1, 0.15) is 24.8 Å². The van der Waals surface area contributed by atoms with E-state index in [1.807, 2.05) is 37.3 Å². The fourth-order valence-electron chi connectivity index (χ4n) is 2.07. The Hall–Kier alpha value is -1.68. The van der Waals surface area contributed by atoms with Gasteiger partial charge in [-0.15, -0.1) is 0 Å². The zero-order valence-electron chi connectivity index (χ0n) is 11.1. The van der Waals surface area contributed by atoms with E-state index in [1.54, 1.807) is 12.1 Å². The van der Waals surface area contributed by atoms with Gasteiger partial charge in [0.15, 0.2) is 0 Å². The van der Waals surface area contributed by atoms with E-state index >= 15 is 0 Å². The summed E-state index contributed by atoms with van der Waals surface area (Å²) in [6.07, 6.45) is 0.661. The molecule has 2 nitrogen and oxygen atoms in total. The van der Waals surface area contributed by atoms with Gasteiger partial charge < -0.3 is 5.32 Å². The predicted molar refractivity (Wildman–Crippen MR) is 82.2 cm³/mol. The molecule has 0 heterocycles. The normalized spacial score (nSPS) is 11.9. The van der Waals surface area contributed by atoms with Gasteiger partial charge in [-0.05, 0) is 30.2 Å². The number of amides is 1. The van der Waals surface area contributed by atoms with Crippen LogP contribution in [0.15, 0.2) is 53.0 Å². The molecule has 1 N–H and O–H groups in total. The highest BCUT2D eigenvalue weighted by atomic mass is 79.9. The summed E-state index contributed by atoms with van der Waals surface area (Å²) in [4.78, 5) is 12.3. The van der Waals surface area contributed by atoms with E-state index in [0.29, 0.717) is 10.9 Å². The second-order valence-electron chi connectivity index (χ2n) is 4.48. The number of carbonyl (C=O) groups is 1. The number of anilines is 1. The van der Waals surface area contributed by atoms with E-state index in [-0.39, 0.29) is 17.5 Å². The molecule has 2 aromatic rings. The maximum atomic E-state index is 13.7. The highest BCUT2D eigenvalue weighted by molar-refractivity contribution is 9.10. The van der Waals surface area contributed by atoms with Crippen molar-refractivity contribution in [1.82, 2.24) is 0 Å².